The second-order valence-corrected chi connectivity index (χ2v) is 15.7. The van der Waals surface area contributed by atoms with Crippen molar-refractivity contribution in [1.82, 2.24) is 13.7 Å². The highest BCUT2D eigenvalue weighted by molar-refractivity contribution is 6.12. The predicted octanol–water partition coefficient (Wildman–Crippen LogP) is 14.5. The van der Waals surface area contributed by atoms with E-state index < -0.39 is 0 Å². The van der Waals surface area contributed by atoms with Gasteiger partial charge in [0.2, 0.25) is 0 Å². The maximum absolute atomic E-state index is 4.64. The average molecular weight is 761 g/mol. The lowest BCUT2D eigenvalue weighted by atomic mass is 9.95. The molecular formula is C55H44N4. The third kappa shape index (κ3) is 5.66. The highest BCUT2D eigenvalue weighted by Crippen LogP contribution is 2.39. The van der Waals surface area contributed by atoms with Crippen LogP contribution in [0.1, 0.15) is 26.2 Å². The number of para-hydroxylation sites is 6. The van der Waals surface area contributed by atoms with Crippen LogP contribution in [0.15, 0.2) is 206 Å². The fourth-order valence-corrected chi connectivity index (χ4v) is 9.81. The van der Waals surface area contributed by atoms with Crippen molar-refractivity contribution in [3.8, 4) is 5.69 Å². The molecule has 59 heavy (non-hydrogen) atoms. The summed E-state index contributed by atoms with van der Waals surface area (Å²) >= 11 is 0. The summed E-state index contributed by atoms with van der Waals surface area (Å²) in [5.41, 5.74) is 13.1. The number of fused-ring (bicyclic) bond motifs is 9. The van der Waals surface area contributed by atoms with E-state index in [1.54, 1.807) is 0 Å². The third-order valence-electron chi connectivity index (χ3n) is 12.4. The van der Waals surface area contributed by atoms with Crippen LogP contribution in [-0.4, -0.2) is 19.7 Å². The van der Waals surface area contributed by atoms with E-state index in [2.05, 4.69) is 226 Å². The molecule has 0 radical (unpaired) electrons. The van der Waals surface area contributed by atoms with Gasteiger partial charge in [-0.05, 0) is 99.0 Å². The Morgan fingerprint density at radius 3 is 1.39 bits per heavy atom. The third-order valence-corrected chi connectivity index (χ3v) is 12.4. The molecule has 1 aliphatic rings. The maximum atomic E-state index is 4.64. The van der Waals surface area contributed by atoms with Gasteiger partial charge in [0.05, 0.1) is 33.1 Å². The van der Waals surface area contributed by atoms with Crippen LogP contribution < -0.4 is 4.90 Å². The summed E-state index contributed by atoms with van der Waals surface area (Å²) in [6.45, 7) is 6.80. The van der Waals surface area contributed by atoms with Crippen LogP contribution in [0, 0.1) is 0 Å². The molecule has 10 aromatic rings. The first-order valence-electron chi connectivity index (χ1n) is 20.8. The van der Waals surface area contributed by atoms with Crippen molar-refractivity contribution >= 4 is 82.5 Å². The molecule has 284 valence electrons. The van der Waals surface area contributed by atoms with Crippen molar-refractivity contribution in [2.75, 3.05) is 4.90 Å². The molecule has 0 bridgehead atoms. The van der Waals surface area contributed by atoms with Gasteiger partial charge in [-0.2, -0.15) is 0 Å². The molecule has 11 rings (SSSR count). The molecule has 1 atom stereocenters. The summed E-state index contributed by atoms with van der Waals surface area (Å²) in [5.74, 6) is 0. The van der Waals surface area contributed by atoms with Gasteiger partial charge in [-0.25, -0.2) is 0 Å². The number of aromatic nitrogens is 3. The molecule has 0 saturated heterocycles. The Hall–Kier alpha value is -7.30. The fraction of sp³-hybridized carbons (Fsp3) is 0.0909. The average Bonchev–Trinajstić information content (AvgIpc) is 3.94. The first-order chi connectivity index (χ1) is 29.2. The highest BCUT2D eigenvalue weighted by Gasteiger charge is 2.26. The lowest BCUT2D eigenvalue weighted by Crippen LogP contribution is -2.35. The van der Waals surface area contributed by atoms with Crippen LogP contribution in [-0.2, 0) is 0 Å². The Labute approximate surface area is 344 Å². The van der Waals surface area contributed by atoms with Crippen LogP contribution in [0.25, 0.3) is 82.5 Å². The molecule has 3 aromatic heterocycles. The summed E-state index contributed by atoms with van der Waals surface area (Å²) in [5, 5.41) is 7.63. The summed E-state index contributed by atoms with van der Waals surface area (Å²) in [6.07, 6.45) is 12.1. The predicted molar refractivity (Wildman–Crippen MR) is 252 cm³/mol. The Morgan fingerprint density at radius 2 is 0.949 bits per heavy atom. The van der Waals surface area contributed by atoms with Crippen molar-refractivity contribution in [2.45, 2.75) is 32.2 Å². The fourth-order valence-electron chi connectivity index (χ4n) is 9.81. The molecular weight excluding hydrogens is 717 g/mol. The van der Waals surface area contributed by atoms with Gasteiger partial charge in [-0.3, -0.25) is 0 Å². The number of rotatable bonds is 8. The van der Waals surface area contributed by atoms with Gasteiger partial charge in [-0.15, -0.1) is 0 Å². The van der Waals surface area contributed by atoms with Gasteiger partial charge >= 0.3 is 0 Å². The van der Waals surface area contributed by atoms with Gasteiger partial charge in [0.25, 0.3) is 0 Å². The largest absolute Gasteiger partial charge is 0.338 e. The van der Waals surface area contributed by atoms with E-state index in [1.807, 2.05) is 0 Å². The lowest BCUT2D eigenvalue weighted by molar-refractivity contribution is 0.578. The van der Waals surface area contributed by atoms with Crippen molar-refractivity contribution < 1.29 is 0 Å². The topological polar surface area (TPSA) is 18.0 Å². The first-order valence-corrected chi connectivity index (χ1v) is 20.8. The Morgan fingerprint density at radius 1 is 0.525 bits per heavy atom. The van der Waals surface area contributed by atoms with Gasteiger partial charge in [0.15, 0.2) is 0 Å². The Bertz CT molecular complexity index is 3180. The van der Waals surface area contributed by atoms with Crippen molar-refractivity contribution in [3.05, 3.63) is 206 Å². The first kappa shape index (κ1) is 34.9. The lowest BCUT2D eigenvalue weighted by Gasteiger charge is -2.37. The van der Waals surface area contributed by atoms with Crippen LogP contribution in [0.5, 0.6) is 0 Å². The molecule has 4 heteroatoms. The monoisotopic (exact) mass is 760 g/mol. The highest BCUT2D eigenvalue weighted by atomic mass is 15.2. The molecule has 0 amide bonds. The minimum absolute atomic E-state index is 0.253. The number of anilines is 1. The number of hydrogen-bond donors (Lipinski definition) is 0. The standard InChI is InChI=1S/C55H44N4/c1-3-39(29-28-38(2)56-50-22-10-4-16-44(50)45-17-5-11-23-51(45)56)57(40-30-34-42(35-31-40)58-52-24-12-6-18-46(52)47-19-7-13-25-53(47)58)41-32-36-43(37-33-41)59-54-26-14-8-20-48(54)49-21-9-15-27-55(49)59/h3-31,34-36,41H,2,32-33,37H2,1H3/b29-28-,39-3+. The number of nitrogens with zero attached hydrogens (tertiary/aromatic N) is 4. The van der Waals surface area contributed by atoms with Gasteiger partial charge < -0.3 is 18.6 Å². The molecule has 1 unspecified atom stereocenters. The van der Waals surface area contributed by atoms with Crippen LogP contribution in [0.3, 0.4) is 0 Å². The van der Waals surface area contributed by atoms with E-state index in [0.29, 0.717) is 0 Å². The number of allylic oxidation sites excluding steroid dienone is 5. The molecule has 0 fully saturated rings. The Kier molecular flexibility index (Phi) is 8.44. The van der Waals surface area contributed by atoms with Crippen molar-refractivity contribution in [1.29, 1.82) is 0 Å². The van der Waals surface area contributed by atoms with Crippen LogP contribution in [0.4, 0.5) is 5.69 Å². The molecule has 1 aliphatic carbocycles. The van der Waals surface area contributed by atoms with E-state index in [0.717, 1.165) is 47.4 Å². The summed E-state index contributed by atoms with van der Waals surface area (Å²) < 4.78 is 7.19. The van der Waals surface area contributed by atoms with E-state index in [1.165, 1.54) is 65.8 Å². The molecule has 0 aliphatic heterocycles. The molecule has 0 spiro atoms. The van der Waals surface area contributed by atoms with E-state index >= 15 is 0 Å². The normalized spacial score (nSPS) is 15.0. The molecule has 0 N–H and O–H groups in total. The van der Waals surface area contributed by atoms with E-state index in [-0.39, 0.29) is 6.04 Å². The summed E-state index contributed by atoms with van der Waals surface area (Å²) in [7, 11) is 0. The second-order valence-electron chi connectivity index (χ2n) is 15.7. The maximum Gasteiger partial charge on any atom is 0.0541 e. The minimum atomic E-state index is 0.253. The van der Waals surface area contributed by atoms with Gasteiger partial charge in [-0.1, -0.05) is 128 Å². The molecule has 0 saturated carbocycles. The zero-order chi connectivity index (χ0) is 39.5. The second kappa shape index (κ2) is 14.3. The number of benzene rings is 7. The number of hydrogen-bond acceptors (Lipinski definition) is 1. The van der Waals surface area contributed by atoms with Crippen LogP contribution >= 0.6 is 0 Å². The SMILES string of the molecule is C=C(/C=C\C(=C/C)N(c1ccc(-n2c3ccccc3c3ccccc32)cc1)C1CC=C(n2c3ccccc3c3ccccc32)CC1)n1c2ccccc2c2ccccc21. The molecule has 7 aromatic carbocycles. The van der Waals surface area contributed by atoms with Gasteiger partial charge in [0.1, 0.15) is 0 Å². The summed E-state index contributed by atoms with van der Waals surface area (Å²) in [6, 6.07) is 61.8. The van der Waals surface area contributed by atoms with Crippen molar-refractivity contribution in [3.63, 3.8) is 0 Å². The van der Waals surface area contributed by atoms with E-state index in [4.69, 9.17) is 0 Å². The molecule has 3 heterocycles. The van der Waals surface area contributed by atoms with Crippen molar-refractivity contribution in [2.24, 2.45) is 0 Å². The smallest absolute Gasteiger partial charge is 0.0541 e. The quantitative estimate of drug-likeness (QED) is 0.141. The van der Waals surface area contributed by atoms with Crippen LogP contribution in [0.2, 0.25) is 0 Å². The zero-order valence-electron chi connectivity index (χ0n) is 33.2. The molecule has 4 nitrogen and oxygen atoms in total. The zero-order valence-corrected chi connectivity index (χ0v) is 33.2. The summed E-state index contributed by atoms with van der Waals surface area (Å²) in [4.78, 5) is 2.56. The van der Waals surface area contributed by atoms with E-state index in [9.17, 15) is 0 Å². The minimum Gasteiger partial charge on any atom is -0.338 e. The van der Waals surface area contributed by atoms with Gasteiger partial charge in [0, 0.05) is 66.8 Å². The Balaban J connectivity index is 0.992.